The van der Waals surface area contributed by atoms with Crippen molar-refractivity contribution in [2.75, 3.05) is 13.7 Å². The molecule has 0 saturated heterocycles. The average Bonchev–Trinajstić information content (AvgIpc) is 3.47. The van der Waals surface area contributed by atoms with Crippen molar-refractivity contribution in [3.05, 3.63) is 76.7 Å². The van der Waals surface area contributed by atoms with Gasteiger partial charge in [-0.05, 0) is 30.7 Å². The Balaban J connectivity index is 1.62. The number of aromatic nitrogens is 5. The Morgan fingerprint density at radius 3 is 2.76 bits per heavy atom. The molecule has 1 atom stereocenters. The highest BCUT2D eigenvalue weighted by molar-refractivity contribution is 6.28. The van der Waals surface area contributed by atoms with Gasteiger partial charge < -0.3 is 14.6 Å². The van der Waals surface area contributed by atoms with Crippen LogP contribution in [0.5, 0.6) is 5.75 Å². The molecule has 0 aliphatic heterocycles. The minimum atomic E-state index is -0.919. The Morgan fingerprint density at radius 2 is 2.09 bits per heavy atom. The maximum Gasteiger partial charge on any atom is 0.273 e. The molecule has 1 aromatic carbocycles. The smallest absolute Gasteiger partial charge is 0.273 e. The molecule has 0 spiro atoms. The number of benzene rings is 1. The summed E-state index contributed by atoms with van der Waals surface area (Å²) in [7, 11) is 3.24. The van der Waals surface area contributed by atoms with Crippen molar-refractivity contribution in [3.8, 4) is 17.1 Å². The van der Waals surface area contributed by atoms with Crippen molar-refractivity contribution >= 4 is 17.5 Å². The molecular formula is C22H19ClF2N6O3. The fraction of sp³-hybridized carbons (Fsp3) is 0.227. The molecule has 0 bridgehead atoms. The number of ether oxygens (including phenoxy) is 1. The zero-order valence-corrected chi connectivity index (χ0v) is 19.1. The van der Waals surface area contributed by atoms with Crippen LogP contribution in [-0.4, -0.2) is 44.5 Å². The molecule has 4 aromatic rings. The van der Waals surface area contributed by atoms with E-state index >= 15 is 0 Å². The predicted molar refractivity (Wildman–Crippen MR) is 117 cm³/mol. The van der Waals surface area contributed by atoms with Crippen molar-refractivity contribution in [1.82, 2.24) is 30.2 Å². The number of amides is 1. The molecule has 1 unspecified atom stereocenters. The fourth-order valence-corrected chi connectivity index (χ4v) is 3.60. The van der Waals surface area contributed by atoms with Gasteiger partial charge in [0, 0.05) is 37.5 Å². The monoisotopic (exact) mass is 488 g/mol. The number of hydrogen-bond acceptors (Lipinski definition) is 7. The van der Waals surface area contributed by atoms with E-state index in [-0.39, 0.29) is 28.8 Å². The highest BCUT2D eigenvalue weighted by Gasteiger charge is 2.36. The van der Waals surface area contributed by atoms with Gasteiger partial charge in [-0.15, -0.1) is 0 Å². The maximum absolute atomic E-state index is 14.1. The third-order valence-corrected chi connectivity index (χ3v) is 5.53. The van der Waals surface area contributed by atoms with E-state index in [1.54, 1.807) is 24.1 Å². The van der Waals surface area contributed by atoms with Crippen molar-refractivity contribution in [3.63, 3.8) is 0 Å². The largest absolute Gasteiger partial charge is 0.493 e. The van der Waals surface area contributed by atoms with Crippen LogP contribution in [0.4, 0.5) is 8.78 Å². The Morgan fingerprint density at radius 1 is 1.29 bits per heavy atom. The van der Waals surface area contributed by atoms with E-state index in [0.29, 0.717) is 11.4 Å². The van der Waals surface area contributed by atoms with Crippen LogP contribution in [0, 0.1) is 11.6 Å². The number of aryl methyl sites for hydroxylation is 1. The first-order chi connectivity index (χ1) is 16.2. The van der Waals surface area contributed by atoms with E-state index in [4.69, 9.17) is 20.9 Å². The highest BCUT2D eigenvalue weighted by Crippen LogP contribution is 2.36. The lowest BCUT2D eigenvalue weighted by atomic mass is 9.80. The first kappa shape index (κ1) is 23.3. The molecule has 9 nitrogen and oxygen atoms in total. The quantitative estimate of drug-likeness (QED) is 0.396. The van der Waals surface area contributed by atoms with Gasteiger partial charge in [-0.1, -0.05) is 5.16 Å². The van der Waals surface area contributed by atoms with Gasteiger partial charge in [-0.3, -0.25) is 9.48 Å². The standard InChI is InChI=1S/C22H19ClF2N6O3/c1-22(12-8-28-31(2)10-12,19-18(33-3)9-26-21(23)29-19)11-27-20(32)16-7-17(34-30-16)14-5-4-13(24)6-15(14)25/h4-10H,11H2,1-3H3,(H,27,32). The number of methoxy groups -OCH3 is 1. The molecule has 3 heterocycles. The Bertz CT molecular complexity index is 1360. The summed E-state index contributed by atoms with van der Waals surface area (Å²) in [5, 5.41) is 10.7. The van der Waals surface area contributed by atoms with Crippen LogP contribution >= 0.6 is 11.6 Å². The van der Waals surface area contributed by atoms with Gasteiger partial charge in [-0.2, -0.15) is 5.10 Å². The highest BCUT2D eigenvalue weighted by atomic mass is 35.5. The summed E-state index contributed by atoms with van der Waals surface area (Å²) < 4.78 is 39.4. The zero-order valence-electron chi connectivity index (χ0n) is 18.3. The third kappa shape index (κ3) is 4.46. The van der Waals surface area contributed by atoms with Crippen molar-refractivity contribution in [1.29, 1.82) is 0 Å². The summed E-state index contributed by atoms with van der Waals surface area (Å²) in [6, 6.07) is 4.28. The van der Waals surface area contributed by atoms with E-state index < -0.39 is 23.0 Å². The van der Waals surface area contributed by atoms with Crippen molar-refractivity contribution in [2.24, 2.45) is 7.05 Å². The van der Waals surface area contributed by atoms with Gasteiger partial charge in [0.25, 0.3) is 5.91 Å². The van der Waals surface area contributed by atoms with Crippen molar-refractivity contribution < 1.29 is 22.8 Å². The molecule has 3 aromatic heterocycles. The summed E-state index contributed by atoms with van der Waals surface area (Å²) in [6.07, 6.45) is 4.88. The lowest BCUT2D eigenvalue weighted by Crippen LogP contribution is -2.40. The van der Waals surface area contributed by atoms with Gasteiger partial charge in [-0.25, -0.2) is 18.7 Å². The second kappa shape index (κ2) is 9.18. The number of carbonyl (C=O) groups is 1. The van der Waals surface area contributed by atoms with Crippen LogP contribution in [0.25, 0.3) is 11.3 Å². The molecule has 1 amide bonds. The second-order valence-corrected chi connectivity index (χ2v) is 8.01. The van der Waals surface area contributed by atoms with E-state index in [1.807, 2.05) is 6.92 Å². The topological polar surface area (TPSA) is 108 Å². The lowest BCUT2D eigenvalue weighted by molar-refractivity contribution is 0.0937. The molecule has 0 saturated carbocycles. The second-order valence-electron chi connectivity index (χ2n) is 7.67. The molecule has 0 radical (unpaired) electrons. The summed E-state index contributed by atoms with van der Waals surface area (Å²) in [4.78, 5) is 21.2. The molecule has 12 heteroatoms. The lowest BCUT2D eigenvalue weighted by Gasteiger charge is -2.29. The zero-order chi connectivity index (χ0) is 24.5. The first-order valence-corrected chi connectivity index (χ1v) is 10.4. The number of rotatable bonds is 7. The molecule has 34 heavy (non-hydrogen) atoms. The summed E-state index contributed by atoms with van der Waals surface area (Å²) in [5.74, 6) is -1.78. The van der Waals surface area contributed by atoms with Crippen LogP contribution in [0.2, 0.25) is 5.28 Å². The number of carbonyl (C=O) groups excluding carboxylic acids is 1. The number of nitrogens with one attached hydrogen (secondary N) is 1. The number of hydrogen-bond donors (Lipinski definition) is 1. The third-order valence-electron chi connectivity index (χ3n) is 5.35. The van der Waals surface area contributed by atoms with E-state index in [9.17, 15) is 13.6 Å². The fourth-order valence-electron chi connectivity index (χ4n) is 3.47. The molecule has 1 N–H and O–H groups in total. The minimum absolute atomic E-state index is 0.0121. The van der Waals surface area contributed by atoms with Gasteiger partial charge in [0.1, 0.15) is 11.6 Å². The summed E-state index contributed by atoms with van der Waals surface area (Å²) in [5.41, 5.74) is 0.154. The molecular weight excluding hydrogens is 470 g/mol. The van der Waals surface area contributed by atoms with Gasteiger partial charge in [0.15, 0.2) is 17.2 Å². The van der Waals surface area contributed by atoms with Crippen LogP contribution in [-0.2, 0) is 12.5 Å². The number of nitrogens with zero attached hydrogens (tertiary/aromatic N) is 5. The van der Waals surface area contributed by atoms with E-state index in [1.165, 1.54) is 25.4 Å². The Labute approximate surface area is 197 Å². The molecule has 176 valence electrons. The van der Waals surface area contributed by atoms with Crippen LogP contribution in [0.3, 0.4) is 0 Å². The maximum atomic E-state index is 14.1. The van der Waals surface area contributed by atoms with Gasteiger partial charge in [0.2, 0.25) is 5.28 Å². The molecule has 4 rings (SSSR count). The summed E-state index contributed by atoms with van der Waals surface area (Å²) >= 11 is 6.05. The molecule has 0 fully saturated rings. The minimum Gasteiger partial charge on any atom is -0.493 e. The normalized spacial score (nSPS) is 12.9. The SMILES string of the molecule is COc1cnc(Cl)nc1C(C)(CNC(=O)c1cc(-c2ccc(F)cc2F)on1)c1cnn(C)c1. The van der Waals surface area contributed by atoms with Crippen molar-refractivity contribution in [2.45, 2.75) is 12.3 Å². The Hall–Kier alpha value is -3.86. The van der Waals surface area contributed by atoms with Crippen LogP contribution in [0.15, 0.2) is 47.4 Å². The van der Waals surface area contributed by atoms with Crippen LogP contribution < -0.4 is 10.1 Å². The summed E-state index contributed by atoms with van der Waals surface area (Å²) in [6.45, 7) is 1.89. The molecule has 0 aliphatic carbocycles. The van der Waals surface area contributed by atoms with Gasteiger partial charge in [0.05, 0.1) is 36.2 Å². The van der Waals surface area contributed by atoms with Gasteiger partial charge >= 0.3 is 0 Å². The van der Waals surface area contributed by atoms with E-state index in [2.05, 4.69) is 25.5 Å². The molecule has 0 aliphatic rings. The van der Waals surface area contributed by atoms with Crippen LogP contribution in [0.1, 0.15) is 28.7 Å². The van der Waals surface area contributed by atoms with E-state index in [0.717, 1.165) is 17.7 Å². The Kier molecular flexibility index (Phi) is 6.29. The first-order valence-electron chi connectivity index (χ1n) is 9.97. The predicted octanol–water partition coefficient (Wildman–Crippen LogP) is 3.54. The number of halogens is 3. The average molecular weight is 489 g/mol.